The molecule has 3 nitrogen and oxygen atoms in total. The van der Waals surface area contributed by atoms with Crippen LogP contribution in [0.1, 0.15) is 85.5 Å². The van der Waals surface area contributed by atoms with E-state index in [1.54, 1.807) is 13.8 Å². The molecular weight excluding hydrogens is 450 g/mol. The Morgan fingerprint density at radius 3 is 2.00 bits per heavy atom. The Morgan fingerprint density at radius 2 is 1.48 bits per heavy atom. The summed E-state index contributed by atoms with van der Waals surface area (Å²) < 4.78 is 78.3. The average molecular weight is 487 g/mol. The van der Waals surface area contributed by atoms with Gasteiger partial charge in [-0.25, -0.2) is 0 Å². The molecule has 3 N–H and O–H groups in total. The van der Waals surface area contributed by atoms with Gasteiger partial charge in [-0.2, -0.15) is 26.3 Å². The third kappa shape index (κ3) is 5.82. The van der Waals surface area contributed by atoms with Crippen LogP contribution in [0, 0.1) is 34.5 Å². The smallest absolute Gasteiger partial charge is 0.393 e. The molecule has 5 atom stereocenters. The van der Waals surface area contributed by atoms with E-state index < -0.39 is 35.1 Å². The van der Waals surface area contributed by atoms with Crippen LogP contribution < -0.4 is 0 Å². The molecule has 0 aromatic carbocycles. The quantitative estimate of drug-likeness (QED) is 0.331. The summed E-state index contributed by atoms with van der Waals surface area (Å²) in [7, 11) is 0. The molecule has 0 aliphatic heterocycles. The SMILES string of the molecule is CC(C)(O)CCC[C@](C)(CC#CC(O)(C(F)(F)F)C(F)(F)F)[C@H]1CC[C@H]2[C@@H](O)CCC[C@@]12C. The van der Waals surface area contributed by atoms with E-state index in [1.807, 2.05) is 6.92 Å². The van der Waals surface area contributed by atoms with Crippen LogP contribution in [0.15, 0.2) is 0 Å². The van der Waals surface area contributed by atoms with Crippen molar-refractivity contribution in [3.05, 3.63) is 0 Å². The summed E-state index contributed by atoms with van der Waals surface area (Å²) in [6.45, 7) is 7.16. The molecule has 192 valence electrons. The molecule has 0 heterocycles. The van der Waals surface area contributed by atoms with E-state index in [2.05, 4.69) is 12.8 Å². The van der Waals surface area contributed by atoms with Crippen molar-refractivity contribution in [3.8, 4) is 11.8 Å². The van der Waals surface area contributed by atoms with Gasteiger partial charge in [0, 0.05) is 6.42 Å². The molecule has 0 amide bonds. The zero-order chi connectivity index (χ0) is 25.5. The number of rotatable bonds is 6. The lowest BCUT2D eigenvalue weighted by Gasteiger charge is -2.49. The zero-order valence-electron chi connectivity index (χ0n) is 19.7. The van der Waals surface area contributed by atoms with Gasteiger partial charge in [-0.05, 0) is 81.0 Å². The lowest BCUT2D eigenvalue weighted by atomic mass is 9.56. The topological polar surface area (TPSA) is 60.7 Å². The molecule has 2 aliphatic carbocycles. The van der Waals surface area contributed by atoms with E-state index in [0.717, 1.165) is 25.2 Å². The molecule has 0 spiro atoms. The van der Waals surface area contributed by atoms with Crippen LogP contribution in [0.3, 0.4) is 0 Å². The van der Waals surface area contributed by atoms with Crippen molar-refractivity contribution in [1.82, 2.24) is 0 Å². The van der Waals surface area contributed by atoms with Crippen molar-refractivity contribution in [2.45, 2.75) is 115 Å². The van der Waals surface area contributed by atoms with E-state index in [9.17, 15) is 41.7 Å². The monoisotopic (exact) mass is 486 g/mol. The van der Waals surface area contributed by atoms with Crippen molar-refractivity contribution in [2.75, 3.05) is 0 Å². The van der Waals surface area contributed by atoms with Crippen LogP contribution in [-0.2, 0) is 0 Å². The van der Waals surface area contributed by atoms with Crippen LogP contribution in [-0.4, -0.2) is 45.0 Å². The fourth-order valence-electron chi connectivity index (χ4n) is 6.28. The Kier molecular flexibility index (Phi) is 7.91. The number of hydrogen-bond acceptors (Lipinski definition) is 3. The number of alkyl halides is 6. The lowest BCUT2D eigenvalue weighted by Crippen LogP contribution is -2.55. The highest BCUT2D eigenvalue weighted by Gasteiger charge is 2.70. The second kappa shape index (κ2) is 9.23. The van der Waals surface area contributed by atoms with Crippen LogP contribution >= 0.6 is 0 Å². The minimum Gasteiger partial charge on any atom is -0.393 e. The third-order valence-corrected chi connectivity index (χ3v) is 8.05. The molecule has 2 saturated carbocycles. The second-order valence-electron chi connectivity index (χ2n) is 11.2. The molecule has 0 bridgehead atoms. The molecule has 33 heavy (non-hydrogen) atoms. The summed E-state index contributed by atoms with van der Waals surface area (Å²) in [5.74, 6) is 3.14. The molecular formula is C24H36F6O3. The second-order valence-corrected chi connectivity index (χ2v) is 11.2. The van der Waals surface area contributed by atoms with E-state index >= 15 is 0 Å². The van der Waals surface area contributed by atoms with Gasteiger partial charge in [0.25, 0.3) is 0 Å². The first kappa shape index (κ1) is 28.3. The molecule has 2 aliphatic rings. The predicted molar refractivity (Wildman–Crippen MR) is 112 cm³/mol. The maximum Gasteiger partial charge on any atom is 0.438 e. The van der Waals surface area contributed by atoms with Gasteiger partial charge < -0.3 is 15.3 Å². The van der Waals surface area contributed by atoms with Gasteiger partial charge in [0.1, 0.15) is 0 Å². The molecule has 0 aromatic rings. The van der Waals surface area contributed by atoms with Crippen molar-refractivity contribution in [1.29, 1.82) is 0 Å². The first-order valence-electron chi connectivity index (χ1n) is 11.5. The Bertz CT molecular complexity index is 731. The van der Waals surface area contributed by atoms with Crippen LogP contribution in [0.4, 0.5) is 26.3 Å². The molecule has 0 unspecified atom stereocenters. The summed E-state index contributed by atoms with van der Waals surface area (Å²) in [5.41, 5.74) is -7.08. The maximum absolute atomic E-state index is 13.1. The van der Waals surface area contributed by atoms with Gasteiger partial charge in [0.05, 0.1) is 11.7 Å². The normalized spacial score (nSPS) is 30.9. The van der Waals surface area contributed by atoms with Crippen molar-refractivity contribution in [3.63, 3.8) is 0 Å². The summed E-state index contributed by atoms with van der Waals surface area (Å²) in [6.07, 6.45) is -7.55. The van der Waals surface area contributed by atoms with Gasteiger partial charge in [0.15, 0.2) is 0 Å². The molecule has 2 fully saturated rings. The Hall–Kier alpha value is -0.980. The summed E-state index contributed by atoms with van der Waals surface area (Å²) >= 11 is 0. The Balaban J connectivity index is 2.39. The predicted octanol–water partition coefficient (Wildman–Crippen LogP) is 5.76. The maximum atomic E-state index is 13.1. The first-order chi connectivity index (χ1) is 14.8. The van der Waals surface area contributed by atoms with E-state index in [4.69, 9.17) is 0 Å². The average Bonchev–Trinajstić information content (AvgIpc) is 2.97. The van der Waals surface area contributed by atoms with Crippen LogP contribution in [0.5, 0.6) is 0 Å². The van der Waals surface area contributed by atoms with Gasteiger partial charge >= 0.3 is 18.0 Å². The minimum atomic E-state index is -5.98. The minimum absolute atomic E-state index is 0.0279. The van der Waals surface area contributed by atoms with Crippen molar-refractivity contribution >= 4 is 0 Å². The first-order valence-corrected chi connectivity index (χ1v) is 11.5. The summed E-state index contributed by atoms with van der Waals surface area (Å²) in [4.78, 5) is 0. The van der Waals surface area contributed by atoms with Crippen LogP contribution in [0.25, 0.3) is 0 Å². The largest absolute Gasteiger partial charge is 0.438 e. The number of hydrogen-bond donors (Lipinski definition) is 3. The number of fused-ring (bicyclic) bond motifs is 1. The molecule has 0 aromatic heterocycles. The fraction of sp³-hybridized carbons (Fsp3) is 0.917. The highest BCUT2D eigenvalue weighted by atomic mass is 19.4. The molecule has 0 saturated heterocycles. The van der Waals surface area contributed by atoms with E-state index in [-0.39, 0.29) is 23.7 Å². The van der Waals surface area contributed by atoms with Gasteiger partial charge in [-0.15, -0.1) is 0 Å². The van der Waals surface area contributed by atoms with Crippen LogP contribution in [0.2, 0.25) is 0 Å². The lowest BCUT2D eigenvalue weighted by molar-refractivity contribution is -0.343. The Labute approximate surface area is 191 Å². The van der Waals surface area contributed by atoms with Gasteiger partial charge in [-0.3, -0.25) is 0 Å². The zero-order valence-corrected chi connectivity index (χ0v) is 19.7. The van der Waals surface area contributed by atoms with Crippen molar-refractivity contribution in [2.24, 2.45) is 22.7 Å². The summed E-state index contributed by atoms with van der Waals surface area (Å²) in [5, 5.41) is 30.0. The number of aliphatic hydroxyl groups excluding tert-OH is 1. The molecule has 0 radical (unpaired) electrons. The third-order valence-electron chi connectivity index (χ3n) is 8.05. The van der Waals surface area contributed by atoms with Gasteiger partial charge in [-0.1, -0.05) is 32.6 Å². The highest BCUT2D eigenvalue weighted by molar-refractivity contribution is 5.22. The Morgan fingerprint density at radius 1 is 0.909 bits per heavy atom. The van der Waals surface area contributed by atoms with Crippen molar-refractivity contribution < 1.29 is 41.7 Å². The van der Waals surface area contributed by atoms with E-state index in [0.29, 0.717) is 32.1 Å². The standard InChI is InChI=1S/C24H36F6O3/c1-19(2,32)11-6-12-20(3,13-7-15-22(33,23(25,26)27)24(28,29)30)18-10-9-16-17(31)8-5-14-21(16,18)4/h16-18,31-33H,5-6,8-14H2,1-4H3/t16-,17-,18+,20+,21+/m0/s1. The number of aliphatic hydroxyl groups is 3. The van der Waals surface area contributed by atoms with E-state index in [1.165, 1.54) is 0 Å². The summed E-state index contributed by atoms with van der Waals surface area (Å²) in [6, 6.07) is 0. The molecule has 2 rings (SSSR count). The highest BCUT2D eigenvalue weighted by Crippen LogP contribution is 2.62. The fourth-order valence-corrected chi connectivity index (χ4v) is 6.28. The molecule has 9 heteroatoms. The number of halogens is 6. The van der Waals surface area contributed by atoms with Gasteiger partial charge in [0.2, 0.25) is 0 Å².